The molecule has 152 valence electrons. The number of carbonyl (C=O) groups is 1. The third-order valence-corrected chi connectivity index (χ3v) is 4.15. The van der Waals surface area contributed by atoms with E-state index in [9.17, 15) is 4.79 Å². The summed E-state index contributed by atoms with van der Waals surface area (Å²) in [7, 11) is 0. The normalized spacial score (nSPS) is 11.7. The molecule has 6 heteroatoms. The van der Waals surface area contributed by atoms with E-state index in [1.54, 1.807) is 31.2 Å². The highest BCUT2D eigenvalue weighted by Gasteiger charge is 2.16. The Balaban J connectivity index is 1.70. The molecule has 0 fully saturated rings. The lowest BCUT2D eigenvalue weighted by atomic mass is 10.2. The molecule has 0 saturated heterocycles. The maximum Gasteiger partial charge on any atom is 0.347 e. The monoisotopic (exact) mass is 406 g/mol. The third-order valence-electron chi connectivity index (χ3n) is 3.90. The number of rotatable bonds is 12. The summed E-state index contributed by atoms with van der Waals surface area (Å²) in [6.45, 7) is 5.52. The van der Waals surface area contributed by atoms with Crippen LogP contribution in [0.1, 0.15) is 32.3 Å². The molecular weight excluding hydrogens is 380 g/mol. The first-order chi connectivity index (χ1) is 13.6. The molecule has 2 aromatic carbocycles. The first-order valence-corrected chi connectivity index (χ1v) is 9.84. The van der Waals surface area contributed by atoms with E-state index in [4.69, 9.17) is 30.5 Å². The molecule has 0 aromatic heterocycles. The Morgan fingerprint density at radius 1 is 0.964 bits per heavy atom. The van der Waals surface area contributed by atoms with Crippen LogP contribution in [-0.2, 0) is 20.9 Å². The van der Waals surface area contributed by atoms with Gasteiger partial charge in [0.1, 0.15) is 24.7 Å². The zero-order chi connectivity index (χ0) is 20.2. The van der Waals surface area contributed by atoms with Crippen LogP contribution in [0.5, 0.6) is 11.5 Å². The van der Waals surface area contributed by atoms with Crippen LogP contribution in [0.3, 0.4) is 0 Å². The number of ether oxygens (including phenoxy) is 4. The summed E-state index contributed by atoms with van der Waals surface area (Å²) in [4.78, 5) is 12.0. The summed E-state index contributed by atoms with van der Waals surface area (Å²) in [6.07, 6.45) is 1.40. The maximum absolute atomic E-state index is 12.0. The lowest BCUT2D eigenvalue weighted by molar-refractivity contribution is -0.152. The van der Waals surface area contributed by atoms with Gasteiger partial charge in [0, 0.05) is 11.6 Å². The second-order valence-electron chi connectivity index (χ2n) is 6.28. The van der Waals surface area contributed by atoms with Gasteiger partial charge in [0.05, 0.1) is 6.61 Å². The highest BCUT2D eigenvalue weighted by Crippen LogP contribution is 2.19. The lowest BCUT2D eigenvalue weighted by Crippen LogP contribution is -2.27. The van der Waals surface area contributed by atoms with E-state index in [0.29, 0.717) is 30.6 Å². The molecule has 0 amide bonds. The summed E-state index contributed by atoms with van der Waals surface area (Å²) in [5.74, 6) is 0.938. The van der Waals surface area contributed by atoms with Gasteiger partial charge in [-0.25, -0.2) is 4.79 Å². The SMILES string of the molecule is CCCCOCCOC(=O)C(C)Oc1ccc(COc2ccc(Cl)cc2)cc1. The minimum Gasteiger partial charge on any atom is -0.489 e. The first-order valence-electron chi connectivity index (χ1n) is 9.47. The van der Waals surface area contributed by atoms with Gasteiger partial charge < -0.3 is 18.9 Å². The minimum absolute atomic E-state index is 0.233. The van der Waals surface area contributed by atoms with Gasteiger partial charge in [0.2, 0.25) is 0 Å². The van der Waals surface area contributed by atoms with Crippen molar-refractivity contribution < 1.29 is 23.7 Å². The molecule has 0 N–H and O–H groups in total. The number of carbonyl (C=O) groups excluding carboxylic acids is 1. The molecule has 0 saturated carbocycles. The molecule has 1 atom stereocenters. The fraction of sp³-hybridized carbons (Fsp3) is 0.409. The molecule has 0 heterocycles. The van der Waals surface area contributed by atoms with Crippen LogP contribution in [0.2, 0.25) is 5.02 Å². The predicted molar refractivity (Wildman–Crippen MR) is 109 cm³/mol. The number of benzene rings is 2. The van der Waals surface area contributed by atoms with Crippen LogP contribution >= 0.6 is 11.6 Å². The Morgan fingerprint density at radius 3 is 2.32 bits per heavy atom. The largest absolute Gasteiger partial charge is 0.489 e. The van der Waals surface area contributed by atoms with Gasteiger partial charge in [-0.15, -0.1) is 0 Å². The van der Waals surface area contributed by atoms with E-state index >= 15 is 0 Å². The van der Waals surface area contributed by atoms with E-state index in [1.807, 2.05) is 24.3 Å². The van der Waals surface area contributed by atoms with Gasteiger partial charge in [-0.3, -0.25) is 0 Å². The van der Waals surface area contributed by atoms with Gasteiger partial charge in [0.25, 0.3) is 0 Å². The van der Waals surface area contributed by atoms with Crippen molar-refractivity contribution >= 4 is 17.6 Å². The number of halogens is 1. The molecule has 0 aliphatic heterocycles. The molecule has 0 aliphatic carbocycles. The molecule has 5 nitrogen and oxygen atoms in total. The van der Waals surface area contributed by atoms with Crippen LogP contribution in [-0.4, -0.2) is 31.9 Å². The van der Waals surface area contributed by atoms with Gasteiger partial charge in [-0.2, -0.15) is 0 Å². The van der Waals surface area contributed by atoms with Gasteiger partial charge in [-0.05, 0) is 55.3 Å². The van der Waals surface area contributed by atoms with E-state index in [-0.39, 0.29) is 6.61 Å². The van der Waals surface area contributed by atoms with Crippen molar-refractivity contribution in [2.24, 2.45) is 0 Å². The van der Waals surface area contributed by atoms with Gasteiger partial charge >= 0.3 is 5.97 Å². The van der Waals surface area contributed by atoms with Crippen molar-refractivity contribution in [1.82, 2.24) is 0 Å². The molecule has 1 unspecified atom stereocenters. The smallest absolute Gasteiger partial charge is 0.347 e. The topological polar surface area (TPSA) is 54.0 Å². The Labute approximate surface area is 171 Å². The van der Waals surface area contributed by atoms with Crippen LogP contribution < -0.4 is 9.47 Å². The standard InChI is InChI=1S/C22H27ClO5/c1-3-4-13-25-14-15-26-22(24)17(2)28-21-9-5-18(6-10-21)16-27-20-11-7-19(23)8-12-20/h5-12,17H,3-4,13-16H2,1-2H3. The van der Waals surface area contributed by atoms with Crippen LogP contribution in [0, 0.1) is 0 Å². The molecule has 0 radical (unpaired) electrons. The Kier molecular flexibility index (Phi) is 9.66. The van der Waals surface area contributed by atoms with Gasteiger partial charge in [0.15, 0.2) is 6.10 Å². The van der Waals surface area contributed by atoms with Crippen molar-refractivity contribution in [2.75, 3.05) is 19.8 Å². The molecule has 0 aliphatic rings. The van der Waals surface area contributed by atoms with Crippen molar-refractivity contribution in [2.45, 2.75) is 39.4 Å². The minimum atomic E-state index is -0.688. The predicted octanol–water partition coefficient (Wildman–Crippen LogP) is 5.05. The fourth-order valence-electron chi connectivity index (χ4n) is 2.28. The first kappa shape index (κ1) is 22.1. The van der Waals surface area contributed by atoms with Crippen molar-refractivity contribution in [1.29, 1.82) is 0 Å². The summed E-state index contributed by atoms with van der Waals surface area (Å²) >= 11 is 5.85. The number of esters is 1. The Morgan fingerprint density at radius 2 is 1.64 bits per heavy atom. The zero-order valence-electron chi connectivity index (χ0n) is 16.4. The van der Waals surface area contributed by atoms with Crippen LogP contribution in [0.15, 0.2) is 48.5 Å². The van der Waals surface area contributed by atoms with Crippen molar-refractivity contribution in [3.05, 3.63) is 59.1 Å². The molecule has 28 heavy (non-hydrogen) atoms. The van der Waals surface area contributed by atoms with E-state index in [1.165, 1.54) is 0 Å². The fourth-order valence-corrected chi connectivity index (χ4v) is 2.41. The summed E-state index contributed by atoms with van der Waals surface area (Å²) in [6, 6.07) is 14.6. The van der Waals surface area contributed by atoms with Gasteiger partial charge in [-0.1, -0.05) is 37.1 Å². The van der Waals surface area contributed by atoms with Crippen LogP contribution in [0.4, 0.5) is 0 Å². The number of hydrogen-bond acceptors (Lipinski definition) is 5. The highest BCUT2D eigenvalue weighted by atomic mass is 35.5. The average Bonchev–Trinajstić information content (AvgIpc) is 2.71. The molecule has 2 rings (SSSR count). The number of hydrogen-bond donors (Lipinski definition) is 0. The molecule has 2 aromatic rings. The van der Waals surface area contributed by atoms with E-state index in [2.05, 4.69) is 6.92 Å². The molecular formula is C22H27ClO5. The van der Waals surface area contributed by atoms with Crippen LogP contribution in [0.25, 0.3) is 0 Å². The summed E-state index contributed by atoms with van der Waals surface area (Å²) in [5, 5.41) is 0.672. The zero-order valence-corrected chi connectivity index (χ0v) is 17.1. The number of unbranched alkanes of at least 4 members (excludes halogenated alkanes) is 1. The average molecular weight is 407 g/mol. The second kappa shape index (κ2) is 12.3. The third kappa shape index (κ3) is 8.19. The van der Waals surface area contributed by atoms with E-state index < -0.39 is 12.1 Å². The maximum atomic E-state index is 12.0. The van der Waals surface area contributed by atoms with Crippen molar-refractivity contribution in [3.8, 4) is 11.5 Å². The molecule has 0 bridgehead atoms. The highest BCUT2D eigenvalue weighted by molar-refractivity contribution is 6.30. The summed E-state index contributed by atoms with van der Waals surface area (Å²) < 4.78 is 21.8. The van der Waals surface area contributed by atoms with E-state index in [0.717, 1.165) is 24.2 Å². The Bertz CT molecular complexity index is 700. The Hall–Kier alpha value is -2.24. The van der Waals surface area contributed by atoms with Crippen molar-refractivity contribution in [3.63, 3.8) is 0 Å². The summed E-state index contributed by atoms with van der Waals surface area (Å²) in [5.41, 5.74) is 0.988. The molecule has 0 spiro atoms. The lowest BCUT2D eigenvalue weighted by Gasteiger charge is -2.14. The quantitative estimate of drug-likeness (QED) is 0.365. The second-order valence-corrected chi connectivity index (χ2v) is 6.72.